The molecule has 0 saturated carbocycles. The Morgan fingerprint density at radius 3 is 2.21 bits per heavy atom. The highest BCUT2D eigenvalue weighted by Gasteiger charge is 2.14. The summed E-state index contributed by atoms with van der Waals surface area (Å²) in [5, 5.41) is 0. The zero-order chi connectivity index (χ0) is 14.5. The van der Waals surface area contributed by atoms with Crippen molar-refractivity contribution in [2.45, 2.75) is 78.2 Å². The summed E-state index contributed by atoms with van der Waals surface area (Å²) in [5.41, 5.74) is 0. The molecule has 0 aliphatic carbocycles. The van der Waals surface area contributed by atoms with E-state index in [1.54, 1.807) is 6.92 Å². The molecule has 0 heterocycles. The van der Waals surface area contributed by atoms with Crippen LogP contribution in [0.15, 0.2) is 0 Å². The molecule has 4 heteroatoms. The fraction of sp³-hybridized carbons (Fsp3) is 0.867. The van der Waals surface area contributed by atoms with Gasteiger partial charge in [0.15, 0.2) is 0 Å². The molecule has 0 N–H and O–H groups in total. The summed E-state index contributed by atoms with van der Waals surface area (Å²) in [6.45, 7) is 6.07. The van der Waals surface area contributed by atoms with Crippen molar-refractivity contribution in [2.24, 2.45) is 0 Å². The molecule has 0 rings (SSSR count). The lowest BCUT2D eigenvalue weighted by Gasteiger charge is -2.12. The van der Waals surface area contributed by atoms with Crippen LogP contribution in [-0.4, -0.2) is 24.6 Å². The van der Waals surface area contributed by atoms with Gasteiger partial charge in [0, 0.05) is 0 Å². The summed E-state index contributed by atoms with van der Waals surface area (Å²) in [4.78, 5) is 22.5. The maximum absolute atomic E-state index is 11.4. The van der Waals surface area contributed by atoms with Crippen LogP contribution < -0.4 is 0 Å². The lowest BCUT2D eigenvalue weighted by atomic mass is 10.1. The number of hydrogen-bond acceptors (Lipinski definition) is 4. The van der Waals surface area contributed by atoms with E-state index in [9.17, 15) is 9.59 Å². The number of carbonyl (C=O) groups is 2. The monoisotopic (exact) mass is 272 g/mol. The number of unbranched alkanes of at least 4 members (excludes halogenated alkanes) is 5. The van der Waals surface area contributed by atoms with Crippen molar-refractivity contribution in [2.75, 3.05) is 6.61 Å². The molecule has 0 bridgehead atoms. The SMILES string of the molecule is CCCCCCCCC(C)OC(=O)CC(=O)OCC. The zero-order valence-corrected chi connectivity index (χ0v) is 12.6. The van der Waals surface area contributed by atoms with Crippen LogP contribution in [0.5, 0.6) is 0 Å². The molecule has 0 aromatic carbocycles. The number of hydrogen-bond donors (Lipinski definition) is 0. The van der Waals surface area contributed by atoms with Crippen LogP contribution in [-0.2, 0) is 19.1 Å². The third-order valence-electron chi connectivity index (χ3n) is 2.89. The summed E-state index contributed by atoms with van der Waals surface area (Å²) < 4.78 is 9.85. The minimum atomic E-state index is -0.515. The first-order valence-corrected chi connectivity index (χ1v) is 7.45. The van der Waals surface area contributed by atoms with Crippen LogP contribution in [0, 0.1) is 0 Å². The maximum atomic E-state index is 11.4. The average molecular weight is 272 g/mol. The maximum Gasteiger partial charge on any atom is 0.317 e. The van der Waals surface area contributed by atoms with Crippen molar-refractivity contribution in [3.05, 3.63) is 0 Å². The van der Waals surface area contributed by atoms with Crippen molar-refractivity contribution in [1.82, 2.24) is 0 Å². The van der Waals surface area contributed by atoms with Gasteiger partial charge < -0.3 is 9.47 Å². The molecule has 0 aromatic heterocycles. The smallest absolute Gasteiger partial charge is 0.317 e. The lowest BCUT2D eigenvalue weighted by molar-refractivity contribution is -0.157. The predicted octanol–water partition coefficient (Wildman–Crippen LogP) is 3.62. The van der Waals surface area contributed by atoms with Gasteiger partial charge in [-0.05, 0) is 26.7 Å². The van der Waals surface area contributed by atoms with Crippen molar-refractivity contribution < 1.29 is 19.1 Å². The van der Waals surface area contributed by atoms with E-state index in [0.29, 0.717) is 6.61 Å². The number of rotatable bonds is 11. The van der Waals surface area contributed by atoms with Crippen LogP contribution in [0.4, 0.5) is 0 Å². The zero-order valence-electron chi connectivity index (χ0n) is 12.6. The summed E-state index contributed by atoms with van der Waals surface area (Å²) in [6.07, 6.45) is 7.79. The molecule has 1 unspecified atom stereocenters. The third-order valence-corrected chi connectivity index (χ3v) is 2.89. The Kier molecular flexibility index (Phi) is 11.3. The number of esters is 2. The van der Waals surface area contributed by atoms with Gasteiger partial charge in [-0.1, -0.05) is 39.0 Å². The Hall–Kier alpha value is -1.06. The molecule has 0 radical (unpaired) electrons. The minimum absolute atomic E-state index is 0.117. The van der Waals surface area contributed by atoms with E-state index >= 15 is 0 Å². The molecule has 0 spiro atoms. The largest absolute Gasteiger partial charge is 0.466 e. The molecule has 4 nitrogen and oxygen atoms in total. The molecule has 0 amide bonds. The van der Waals surface area contributed by atoms with Gasteiger partial charge >= 0.3 is 11.9 Å². The normalized spacial score (nSPS) is 11.9. The Morgan fingerprint density at radius 1 is 0.947 bits per heavy atom. The van der Waals surface area contributed by atoms with Crippen LogP contribution in [0.25, 0.3) is 0 Å². The summed E-state index contributed by atoms with van der Waals surface area (Å²) in [5.74, 6) is -1.00. The first-order chi connectivity index (χ1) is 9.10. The molecular formula is C15H28O4. The number of ether oxygens (including phenoxy) is 2. The Labute approximate surface area is 116 Å². The van der Waals surface area contributed by atoms with E-state index in [4.69, 9.17) is 9.47 Å². The Bertz CT molecular complexity index is 251. The fourth-order valence-corrected chi connectivity index (χ4v) is 1.87. The highest BCUT2D eigenvalue weighted by atomic mass is 16.6. The van der Waals surface area contributed by atoms with E-state index in [0.717, 1.165) is 12.8 Å². The van der Waals surface area contributed by atoms with E-state index in [1.807, 2.05) is 6.92 Å². The first-order valence-electron chi connectivity index (χ1n) is 7.45. The molecule has 1 atom stereocenters. The van der Waals surface area contributed by atoms with Crippen molar-refractivity contribution >= 4 is 11.9 Å². The van der Waals surface area contributed by atoms with E-state index in [1.165, 1.54) is 32.1 Å². The second-order valence-corrected chi connectivity index (χ2v) is 4.84. The van der Waals surface area contributed by atoms with Crippen molar-refractivity contribution in [3.8, 4) is 0 Å². The quantitative estimate of drug-likeness (QED) is 0.327. The lowest BCUT2D eigenvalue weighted by Crippen LogP contribution is -2.19. The fourth-order valence-electron chi connectivity index (χ4n) is 1.87. The average Bonchev–Trinajstić information content (AvgIpc) is 2.33. The van der Waals surface area contributed by atoms with E-state index < -0.39 is 11.9 Å². The molecule has 0 aromatic rings. The summed E-state index contributed by atoms with van der Waals surface area (Å²) in [7, 11) is 0. The van der Waals surface area contributed by atoms with Crippen LogP contribution >= 0.6 is 0 Å². The van der Waals surface area contributed by atoms with Gasteiger partial charge in [-0.2, -0.15) is 0 Å². The molecule has 0 saturated heterocycles. The highest BCUT2D eigenvalue weighted by molar-refractivity contribution is 5.91. The van der Waals surface area contributed by atoms with Gasteiger partial charge in [-0.15, -0.1) is 0 Å². The van der Waals surface area contributed by atoms with Crippen LogP contribution in [0.3, 0.4) is 0 Å². The molecular weight excluding hydrogens is 244 g/mol. The van der Waals surface area contributed by atoms with Gasteiger partial charge in [0.25, 0.3) is 0 Å². The molecule has 19 heavy (non-hydrogen) atoms. The topological polar surface area (TPSA) is 52.6 Å². The Balaban J connectivity index is 3.54. The molecule has 0 fully saturated rings. The van der Waals surface area contributed by atoms with Crippen LogP contribution in [0.2, 0.25) is 0 Å². The minimum Gasteiger partial charge on any atom is -0.466 e. The van der Waals surface area contributed by atoms with Crippen molar-refractivity contribution in [1.29, 1.82) is 0 Å². The highest BCUT2D eigenvalue weighted by Crippen LogP contribution is 2.10. The Morgan fingerprint density at radius 2 is 1.58 bits per heavy atom. The molecule has 0 aliphatic heterocycles. The van der Waals surface area contributed by atoms with Crippen molar-refractivity contribution in [3.63, 3.8) is 0 Å². The predicted molar refractivity (Wildman–Crippen MR) is 74.8 cm³/mol. The summed E-state index contributed by atoms with van der Waals surface area (Å²) >= 11 is 0. The second kappa shape index (κ2) is 12.0. The molecule has 112 valence electrons. The van der Waals surface area contributed by atoms with Gasteiger partial charge in [-0.25, -0.2) is 0 Å². The van der Waals surface area contributed by atoms with Gasteiger partial charge in [0.2, 0.25) is 0 Å². The van der Waals surface area contributed by atoms with E-state index in [-0.39, 0.29) is 12.5 Å². The first kappa shape index (κ1) is 17.9. The van der Waals surface area contributed by atoms with Gasteiger partial charge in [-0.3, -0.25) is 9.59 Å². The molecule has 0 aliphatic rings. The van der Waals surface area contributed by atoms with Gasteiger partial charge in [0.1, 0.15) is 6.42 Å². The second-order valence-electron chi connectivity index (χ2n) is 4.84. The van der Waals surface area contributed by atoms with Gasteiger partial charge in [0.05, 0.1) is 12.7 Å². The standard InChI is InChI=1S/C15H28O4/c1-4-6-7-8-9-10-11-13(3)19-15(17)12-14(16)18-5-2/h13H,4-12H2,1-3H3. The number of carbonyl (C=O) groups excluding carboxylic acids is 2. The van der Waals surface area contributed by atoms with E-state index in [2.05, 4.69) is 6.92 Å². The summed E-state index contributed by atoms with van der Waals surface area (Å²) in [6, 6.07) is 0. The van der Waals surface area contributed by atoms with Crippen LogP contribution in [0.1, 0.15) is 72.1 Å². The third kappa shape index (κ3) is 11.7.